The fourth-order valence-electron chi connectivity index (χ4n) is 3.88. The maximum Gasteiger partial charge on any atom is 0.224 e. The molecule has 2 aliphatic rings. The summed E-state index contributed by atoms with van der Waals surface area (Å²) in [6, 6.07) is 13.9. The fraction of sp³-hybridized carbons (Fsp3) is 0.421. The van der Waals surface area contributed by atoms with Gasteiger partial charge in [0.1, 0.15) is 11.5 Å². The highest BCUT2D eigenvalue weighted by Crippen LogP contribution is 2.62. The van der Waals surface area contributed by atoms with Crippen LogP contribution in [0.3, 0.4) is 0 Å². The second-order valence-electron chi connectivity index (χ2n) is 6.68. The lowest BCUT2D eigenvalue weighted by atomic mass is 10.0. The minimum Gasteiger partial charge on any atom is -0.459 e. The summed E-state index contributed by atoms with van der Waals surface area (Å²) in [6.45, 7) is 0.484. The van der Waals surface area contributed by atoms with E-state index >= 15 is 0 Å². The summed E-state index contributed by atoms with van der Waals surface area (Å²) in [5.74, 6) is 2.12. The van der Waals surface area contributed by atoms with Crippen molar-refractivity contribution in [3.63, 3.8) is 0 Å². The second-order valence-corrected chi connectivity index (χ2v) is 6.68. The molecule has 2 fully saturated rings. The molecule has 1 unspecified atom stereocenters. The third-order valence-electron chi connectivity index (χ3n) is 5.26. The summed E-state index contributed by atoms with van der Waals surface area (Å²) < 4.78 is 5.82. The first-order chi connectivity index (χ1) is 10.8. The summed E-state index contributed by atoms with van der Waals surface area (Å²) >= 11 is 0. The molecule has 1 heterocycles. The lowest BCUT2D eigenvalue weighted by molar-refractivity contribution is -0.123. The van der Waals surface area contributed by atoms with Crippen molar-refractivity contribution in [3.05, 3.63) is 48.2 Å². The molecule has 1 aromatic carbocycles. The Labute approximate surface area is 130 Å². The Morgan fingerprint density at radius 3 is 2.68 bits per heavy atom. The maximum atomic E-state index is 12.3. The Hall–Kier alpha value is -2.03. The monoisotopic (exact) mass is 295 g/mol. The van der Waals surface area contributed by atoms with Crippen LogP contribution >= 0.6 is 0 Å². The maximum absolute atomic E-state index is 12.3. The third-order valence-corrected chi connectivity index (χ3v) is 5.26. The van der Waals surface area contributed by atoms with Crippen molar-refractivity contribution in [3.8, 4) is 11.3 Å². The molecule has 0 radical (unpaired) electrons. The number of hydrogen-bond acceptors (Lipinski definition) is 2. The number of carbonyl (C=O) groups excluding carboxylic acids is 1. The highest BCUT2D eigenvalue weighted by Gasteiger charge is 2.58. The highest BCUT2D eigenvalue weighted by molar-refractivity contribution is 5.82. The Kier molecular flexibility index (Phi) is 3.29. The summed E-state index contributed by atoms with van der Waals surface area (Å²) in [5.41, 5.74) is 1.43. The zero-order valence-electron chi connectivity index (χ0n) is 12.7. The van der Waals surface area contributed by atoms with Gasteiger partial charge >= 0.3 is 0 Å². The number of amides is 1. The molecule has 2 aliphatic carbocycles. The Morgan fingerprint density at radius 2 is 1.91 bits per heavy atom. The van der Waals surface area contributed by atoms with Crippen molar-refractivity contribution >= 4 is 5.91 Å². The van der Waals surface area contributed by atoms with Crippen LogP contribution < -0.4 is 5.32 Å². The first-order valence-electron chi connectivity index (χ1n) is 8.19. The first kappa shape index (κ1) is 13.6. The molecule has 4 rings (SSSR count). The van der Waals surface area contributed by atoms with E-state index in [2.05, 4.69) is 5.32 Å². The van der Waals surface area contributed by atoms with Crippen molar-refractivity contribution in [1.29, 1.82) is 0 Å². The standard InChI is InChI=1S/C19H21NO2/c21-18(16-12-19(16)10-4-5-11-19)20-13-15-8-9-17(22-15)14-6-2-1-3-7-14/h1-3,6-9,16H,4-5,10-13H2,(H,20,21). The minimum absolute atomic E-state index is 0.208. The zero-order chi connectivity index (χ0) is 15.0. The van der Waals surface area contributed by atoms with Crippen molar-refractivity contribution in [1.82, 2.24) is 5.32 Å². The lowest BCUT2D eigenvalue weighted by Gasteiger charge is -2.08. The molecule has 0 aliphatic heterocycles. The van der Waals surface area contributed by atoms with Gasteiger partial charge in [-0.05, 0) is 36.8 Å². The van der Waals surface area contributed by atoms with Crippen molar-refractivity contribution in [2.75, 3.05) is 0 Å². The third kappa shape index (κ3) is 2.45. The van der Waals surface area contributed by atoms with E-state index in [0.717, 1.165) is 23.5 Å². The van der Waals surface area contributed by atoms with E-state index in [9.17, 15) is 4.79 Å². The van der Waals surface area contributed by atoms with Crippen LogP contribution in [0.1, 0.15) is 37.9 Å². The number of hydrogen-bond donors (Lipinski definition) is 1. The van der Waals surface area contributed by atoms with E-state index < -0.39 is 0 Å². The topological polar surface area (TPSA) is 42.2 Å². The smallest absolute Gasteiger partial charge is 0.224 e. The van der Waals surface area contributed by atoms with Crippen LogP contribution in [0.2, 0.25) is 0 Å². The average molecular weight is 295 g/mol. The summed E-state index contributed by atoms with van der Waals surface area (Å²) in [6.07, 6.45) is 6.16. The van der Waals surface area contributed by atoms with E-state index in [1.165, 1.54) is 25.7 Å². The molecule has 2 aromatic rings. The quantitative estimate of drug-likeness (QED) is 0.921. The number of benzene rings is 1. The van der Waals surface area contributed by atoms with E-state index in [4.69, 9.17) is 4.42 Å². The van der Waals surface area contributed by atoms with Gasteiger partial charge in [0.25, 0.3) is 0 Å². The molecule has 1 aromatic heterocycles. The molecule has 114 valence electrons. The largest absolute Gasteiger partial charge is 0.459 e. The summed E-state index contributed by atoms with van der Waals surface area (Å²) in [7, 11) is 0. The molecule has 3 nitrogen and oxygen atoms in total. The number of nitrogens with one attached hydrogen (secondary N) is 1. The predicted molar refractivity (Wildman–Crippen MR) is 85.0 cm³/mol. The molecule has 0 saturated heterocycles. The van der Waals surface area contributed by atoms with Gasteiger partial charge in [0.2, 0.25) is 5.91 Å². The Bertz CT molecular complexity index is 668. The van der Waals surface area contributed by atoms with Crippen LogP contribution in [0.25, 0.3) is 11.3 Å². The van der Waals surface area contributed by atoms with Crippen LogP contribution in [-0.2, 0) is 11.3 Å². The molecule has 1 spiro atoms. The second kappa shape index (κ2) is 5.31. The number of rotatable bonds is 4. The van der Waals surface area contributed by atoms with Gasteiger partial charge in [-0.25, -0.2) is 0 Å². The van der Waals surface area contributed by atoms with Gasteiger partial charge in [-0.3, -0.25) is 4.79 Å². The molecule has 3 heteroatoms. The minimum atomic E-state index is 0.208. The number of carbonyl (C=O) groups is 1. The lowest BCUT2D eigenvalue weighted by Crippen LogP contribution is -2.26. The average Bonchev–Trinajstić information content (AvgIpc) is 2.91. The normalized spacial score (nSPS) is 21.9. The summed E-state index contributed by atoms with van der Waals surface area (Å²) in [4.78, 5) is 12.3. The molecule has 0 bridgehead atoms. The van der Waals surface area contributed by atoms with E-state index in [1.807, 2.05) is 42.5 Å². The predicted octanol–water partition coefficient (Wildman–Crippen LogP) is 4.14. The molecule has 1 N–H and O–H groups in total. The molecule has 2 saturated carbocycles. The van der Waals surface area contributed by atoms with Gasteiger partial charge in [0.05, 0.1) is 6.54 Å². The molecule has 1 amide bonds. The summed E-state index contributed by atoms with van der Waals surface area (Å²) in [5, 5.41) is 3.04. The van der Waals surface area contributed by atoms with Crippen LogP contribution in [-0.4, -0.2) is 5.91 Å². The molecule has 1 atom stereocenters. The van der Waals surface area contributed by atoms with Crippen LogP contribution in [0.15, 0.2) is 46.9 Å². The van der Waals surface area contributed by atoms with E-state index in [-0.39, 0.29) is 11.8 Å². The van der Waals surface area contributed by atoms with Gasteiger partial charge in [0.15, 0.2) is 0 Å². The van der Waals surface area contributed by atoms with Gasteiger partial charge in [-0.2, -0.15) is 0 Å². The SMILES string of the molecule is O=C(NCc1ccc(-c2ccccc2)o1)C1CC12CCCC2. The van der Waals surface area contributed by atoms with Crippen LogP contribution in [0, 0.1) is 11.3 Å². The van der Waals surface area contributed by atoms with Crippen molar-refractivity contribution in [2.24, 2.45) is 11.3 Å². The van der Waals surface area contributed by atoms with Crippen molar-refractivity contribution < 1.29 is 9.21 Å². The molecule has 22 heavy (non-hydrogen) atoms. The van der Waals surface area contributed by atoms with Crippen LogP contribution in [0.5, 0.6) is 0 Å². The Morgan fingerprint density at radius 1 is 1.14 bits per heavy atom. The van der Waals surface area contributed by atoms with E-state index in [1.54, 1.807) is 0 Å². The van der Waals surface area contributed by atoms with Crippen LogP contribution in [0.4, 0.5) is 0 Å². The van der Waals surface area contributed by atoms with E-state index in [0.29, 0.717) is 12.0 Å². The molecular weight excluding hydrogens is 274 g/mol. The zero-order valence-corrected chi connectivity index (χ0v) is 12.7. The molecular formula is C19H21NO2. The van der Waals surface area contributed by atoms with Gasteiger partial charge in [0, 0.05) is 11.5 Å². The fourth-order valence-corrected chi connectivity index (χ4v) is 3.88. The van der Waals surface area contributed by atoms with Gasteiger partial charge < -0.3 is 9.73 Å². The number of furan rings is 1. The van der Waals surface area contributed by atoms with Gasteiger partial charge in [-0.15, -0.1) is 0 Å². The van der Waals surface area contributed by atoms with Crippen molar-refractivity contribution in [2.45, 2.75) is 38.6 Å². The Balaban J connectivity index is 1.35. The highest BCUT2D eigenvalue weighted by atomic mass is 16.3. The first-order valence-corrected chi connectivity index (χ1v) is 8.19. The van der Waals surface area contributed by atoms with Gasteiger partial charge in [-0.1, -0.05) is 43.2 Å².